The van der Waals surface area contributed by atoms with E-state index in [0.29, 0.717) is 0 Å². The van der Waals surface area contributed by atoms with Gasteiger partial charge in [-0.05, 0) is 56.9 Å². The molecule has 1 aliphatic carbocycles. The summed E-state index contributed by atoms with van der Waals surface area (Å²) < 4.78 is 0. The highest BCUT2D eigenvalue weighted by Gasteiger charge is 2.60. The summed E-state index contributed by atoms with van der Waals surface area (Å²) in [4.78, 5) is 13.2. The Balaban J connectivity index is 1.70. The lowest BCUT2D eigenvalue weighted by atomic mass is 9.84. The minimum Gasteiger partial charge on any atom is -0.326 e. The van der Waals surface area contributed by atoms with Gasteiger partial charge in [0.25, 0.3) is 0 Å². The van der Waals surface area contributed by atoms with E-state index in [1.54, 1.807) is 0 Å². The fraction of sp³-hybridized carbons (Fsp3) is 0.269. The predicted octanol–water partition coefficient (Wildman–Crippen LogP) is 5.86. The largest absolute Gasteiger partial charge is 0.326 e. The van der Waals surface area contributed by atoms with Gasteiger partial charge in [-0.25, -0.2) is 0 Å². The first-order valence-electron chi connectivity index (χ1n) is 9.92. The van der Waals surface area contributed by atoms with Crippen molar-refractivity contribution in [3.05, 3.63) is 100 Å². The molecule has 0 unspecified atom stereocenters. The van der Waals surface area contributed by atoms with Crippen LogP contribution in [0.4, 0.5) is 5.69 Å². The standard InChI is InChI=1S/C26H27NO/c1-17-7-5-9-21(14-17)26(22-10-6-8-18(2)15-22)16-23(26)25(28)27-24-12-11-19(3)13-20(24)4/h5-15,23H,16H2,1-4H3,(H,27,28)/t23-/m0/s1. The van der Waals surface area contributed by atoms with Crippen LogP contribution < -0.4 is 5.32 Å². The zero-order valence-electron chi connectivity index (χ0n) is 17.0. The molecule has 28 heavy (non-hydrogen) atoms. The van der Waals surface area contributed by atoms with E-state index in [-0.39, 0.29) is 17.2 Å². The van der Waals surface area contributed by atoms with Gasteiger partial charge in [0.15, 0.2) is 0 Å². The summed E-state index contributed by atoms with van der Waals surface area (Å²) in [5.74, 6) is 0.0479. The van der Waals surface area contributed by atoms with Crippen LogP contribution in [0, 0.1) is 33.6 Å². The average Bonchev–Trinajstić information content (AvgIpc) is 3.41. The number of carbonyl (C=O) groups is 1. The van der Waals surface area contributed by atoms with Gasteiger partial charge in [-0.15, -0.1) is 0 Å². The fourth-order valence-corrected chi connectivity index (χ4v) is 4.40. The van der Waals surface area contributed by atoms with Gasteiger partial charge in [0.2, 0.25) is 5.91 Å². The van der Waals surface area contributed by atoms with Crippen molar-refractivity contribution in [1.82, 2.24) is 0 Å². The van der Waals surface area contributed by atoms with E-state index < -0.39 is 0 Å². The summed E-state index contributed by atoms with van der Waals surface area (Å²) >= 11 is 0. The maximum absolute atomic E-state index is 13.2. The van der Waals surface area contributed by atoms with Crippen molar-refractivity contribution in [3.8, 4) is 0 Å². The van der Waals surface area contributed by atoms with E-state index >= 15 is 0 Å². The van der Waals surface area contributed by atoms with E-state index in [4.69, 9.17) is 0 Å². The van der Waals surface area contributed by atoms with Gasteiger partial charge in [-0.2, -0.15) is 0 Å². The van der Waals surface area contributed by atoms with Crippen molar-refractivity contribution >= 4 is 11.6 Å². The SMILES string of the molecule is Cc1cccc(C2(c3cccc(C)c3)C[C@H]2C(=O)Nc2ccc(C)cc2C)c1. The third-order valence-corrected chi connectivity index (χ3v) is 5.98. The molecule has 1 atom stereocenters. The average molecular weight is 370 g/mol. The molecule has 0 aromatic heterocycles. The first-order valence-corrected chi connectivity index (χ1v) is 9.92. The Morgan fingerprint density at radius 2 is 1.39 bits per heavy atom. The molecule has 0 spiro atoms. The second-order valence-corrected chi connectivity index (χ2v) is 8.27. The van der Waals surface area contributed by atoms with Crippen LogP contribution in [0.25, 0.3) is 0 Å². The van der Waals surface area contributed by atoms with Crippen LogP contribution in [0.15, 0.2) is 66.7 Å². The van der Waals surface area contributed by atoms with Gasteiger partial charge in [-0.1, -0.05) is 77.4 Å². The minimum atomic E-state index is -0.235. The van der Waals surface area contributed by atoms with Crippen LogP contribution in [-0.4, -0.2) is 5.91 Å². The maximum Gasteiger partial charge on any atom is 0.228 e. The fourth-order valence-electron chi connectivity index (χ4n) is 4.40. The highest BCUT2D eigenvalue weighted by molar-refractivity contribution is 5.97. The molecule has 0 radical (unpaired) electrons. The molecule has 142 valence electrons. The zero-order valence-corrected chi connectivity index (χ0v) is 17.0. The molecule has 2 nitrogen and oxygen atoms in total. The van der Waals surface area contributed by atoms with E-state index in [1.165, 1.54) is 27.8 Å². The number of benzene rings is 3. The number of carbonyl (C=O) groups excluding carboxylic acids is 1. The summed E-state index contributed by atoms with van der Waals surface area (Å²) in [6.07, 6.45) is 0.844. The Labute approximate surface area is 167 Å². The number of hydrogen-bond donors (Lipinski definition) is 1. The predicted molar refractivity (Wildman–Crippen MR) is 116 cm³/mol. The molecular weight excluding hydrogens is 342 g/mol. The molecule has 1 saturated carbocycles. The number of rotatable bonds is 4. The highest BCUT2D eigenvalue weighted by Crippen LogP contribution is 2.59. The molecule has 1 fully saturated rings. The Kier molecular flexibility index (Phi) is 4.58. The van der Waals surface area contributed by atoms with Crippen LogP contribution in [0.2, 0.25) is 0 Å². The number of aryl methyl sites for hydroxylation is 4. The third-order valence-electron chi connectivity index (χ3n) is 5.98. The van der Waals surface area contributed by atoms with Gasteiger partial charge in [0.1, 0.15) is 0 Å². The van der Waals surface area contributed by atoms with Crippen LogP contribution in [0.5, 0.6) is 0 Å². The van der Waals surface area contributed by atoms with Crippen molar-refractivity contribution in [2.45, 2.75) is 39.5 Å². The second-order valence-electron chi connectivity index (χ2n) is 8.27. The van der Waals surface area contributed by atoms with Crippen molar-refractivity contribution in [3.63, 3.8) is 0 Å². The van der Waals surface area contributed by atoms with E-state index in [9.17, 15) is 4.79 Å². The lowest BCUT2D eigenvalue weighted by molar-refractivity contribution is -0.117. The van der Waals surface area contributed by atoms with Crippen LogP contribution in [0.1, 0.15) is 39.8 Å². The molecule has 0 heterocycles. The van der Waals surface area contributed by atoms with E-state index in [1.807, 2.05) is 19.1 Å². The summed E-state index contributed by atoms with van der Waals surface area (Å²) in [5, 5.41) is 3.18. The van der Waals surface area contributed by atoms with Gasteiger partial charge in [0, 0.05) is 11.1 Å². The topological polar surface area (TPSA) is 29.1 Å². The molecule has 3 aromatic carbocycles. The number of amides is 1. The summed E-state index contributed by atoms with van der Waals surface area (Å²) in [5.41, 5.74) is 7.90. The Morgan fingerprint density at radius 1 is 0.821 bits per heavy atom. The molecule has 0 aliphatic heterocycles. The Bertz CT molecular complexity index is 1000. The second kappa shape index (κ2) is 6.94. The summed E-state index contributed by atoms with van der Waals surface area (Å²) in [7, 11) is 0. The quantitative estimate of drug-likeness (QED) is 0.613. The van der Waals surface area contributed by atoms with Crippen molar-refractivity contribution in [1.29, 1.82) is 0 Å². The molecule has 4 rings (SSSR count). The third kappa shape index (κ3) is 3.24. The van der Waals surface area contributed by atoms with Crippen LogP contribution in [0.3, 0.4) is 0 Å². The van der Waals surface area contributed by atoms with Crippen LogP contribution >= 0.6 is 0 Å². The summed E-state index contributed by atoms with van der Waals surface area (Å²) in [6.45, 7) is 8.34. The van der Waals surface area contributed by atoms with E-state index in [2.05, 4.69) is 80.7 Å². The molecule has 0 saturated heterocycles. The molecule has 2 heteroatoms. The maximum atomic E-state index is 13.2. The molecule has 0 bridgehead atoms. The Morgan fingerprint density at radius 3 is 1.93 bits per heavy atom. The number of hydrogen-bond acceptors (Lipinski definition) is 1. The van der Waals surface area contributed by atoms with Crippen molar-refractivity contribution in [2.75, 3.05) is 5.32 Å². The normalized spacial score (nSPS) is 17.2. The molecule has 1 aliphatic rings. The van der Waals surface area contributed by atoms with Crippen molar-refractivity contribution in [2.24, 2.45) is 5.92 Å². The van der Waals surface area contributed by atoms with Gasteiger partial charge in [-0.3, -0.25) is 4.79 Å². The molecule has 3 aromatic rings. The van der Waals surface area contributed by atoms with Crippen molar-refractivity contribution < 1.29 is 4.79 Å². The highest BCUT2D eigenvalue weighted by atomic mass is 16.2. The van der Waals surface area contributed by atoms with Gasteiger partial charge in [0.05, 0.1) is 5.92 Å². The summed E-state index contributed by atoms with van der Waals surface area (Å²) in [6, 6.07) is 23.4. The molecular formula is C26H27NO. The smallest absolute Gasteiger partial charge is 0.228 e. The first-order chi connectivity index (χ1) is 13.4. The molecule has 1 N–H and O–H groups in total. The van der Waals surface area contributed by atoms with E-state index in [0.717, 1.165) is 17.7 Å². The lowest BCUT2D eigenvalue weighted by Gasteiger charge is -2.20. The van der Waals surface area contributed by atoms with Crippen LogP contribution in [-0.2, 0) is 10.2 Å². The Hall–Kier alpha value is -2.87. The first kappa shape index (κ1) is 18.5. The number of anilines is 1. The number of nitrogens with one attached hydrogen (secondary N) is 1. The molecule has 1 amide bonds. The minimum absolute atomic E-state index is 0.0585. The van der Waals surface area contributed by atoms with Gasteiger partial charge >= 0.3 is 0 Å². The monoisotopic (exact) mass is 369 g/mol. The van der Waals surface area contributed by atoms with Gasteiger partial charge < -0.3 is 5.32 Å². The lowest BCUT2D eigenvalue weighted by Crippen LogP contribution is -2.22. The zero-order chi connectivity index (χ0) is 19.9.